The van der Waals surface area contributed by atoms with E-state index in [0.717, 1.165) is 41.5 Å². The summed E-state index contributed by atoms with van der Waals surface area (Å²) in [4.78, 5) is 119. The van der Waals surface area contributed by atoms with E-state index in [1.54, 1.807) is 85.9 Å². The number of ether oxygens (including phenoxy) is 3. The molecule has 0 radical (unpaired) electrons. The summed E-state index contributed by atoms with van der Waals surface area (Å²) >= 11 is -2.04. The van der Waals surface area contributed by atoms with Crippen molar-refractivity contribution in [3.8, 4) is 87.9 Å². The van der Waals surface area contributed by atoms with Gasteiger partial charge in [0.2, 0.25) is 35.1 Å². The van der Waals surface area contributed by atoms with Crippen LogP contribution in [-0.2, 0) is 100 Å². The molecule has 0 aliphatic carbocycles. The molecule has 0 unspecified atom stereocenters. The van der Waals surface area contributed by atoms with E-state index in [4.69, 9.17) is 64.9 Å². The number of aryl methyl sites for hydroxylation is 4. The van der Waals surface area contributed by atoms with Crippen LogP contribution in [-0.4, -0.2) is 105 Å². The van der Waals surface area contributed by atoms with Gasteiger partial charge in [0.25, 0.3) is 28.8 Å². The second-order valence-electron chi connectivity index (χ2n) is 29.7. The summed E-state index contributed by atoms with van der Waals surface area (Å²) in [5.41, 5.74) is 6.74. The molecule has 13 aromatic rings. The van der Waals surface area contributed by atoms with Crippen molar-refractivity contribution in [2.75, 3.05) is 19.8 Å². The standard InChI is InChI=1S/C28H27FN4O5.C21H21FN4O5.C11H11FN2O.2C11H7FN2O.C8H4FNO2.2C2H4O2.ClH.Hg/c1-17-14-31-25(38-17)21-13-20(29)10-9-19(21)15-30-24(34)22-23(36-16-18-7-5-4-6-8-18)26(35)33-11-12-37-28(2,3)27(33)32-22;1-11-9-24-18(31-11)14-8-13(22)5-4-12(14)10-23-17(28)15-16(27)19(29)26-6-7-30-21(2,3)20(26)25-15;2*1-7-6-14-11(15-7)10-4-9(12)3-2-8(10)5-13;1-2-5-14-11(15)10-6-9(12)4-3-8(10)7-13;9-6-2-1-5(4-10)7(3-6)8(11)12;2*1-2(3)4;;/h4-10,13-14H,11-12,15-16H2,1-3H3,(H,30,34);4-5,8-9,27H,6-7,10H2,1-3H3,(H,23,28);2-4,6H,5,13H2,1H3;2-4,6H,1H3;1,3-4,6H,5H2,(H,14,15);1-3H,(H,11,12);2*1H3,(H,3,4);1H;/q;;;;;;;;;+2/p-2. The Morgan fingerprint density at radius 3 is 1.30 bits per heavy atom. The predicted molar refractivity (Wildman–Crippen MR) is 470 cm³/mol. The number of amides is 3. The quantitative estimate of drug-likeness (QED) is 0.0249. The number of fused-ring (bicyclic) bond motifs is 2. The molecule has 0 atom stereocenters. The number of aromatic nitrogens is 8. The van der Waals surface area contributed by atoms with Gasteiger partial charge in [0.15, 0.2) is 11.4 Å². The van der Waals surface area contributed by atoms with Gasteiger partial charge in [-0.1, -0.05) is 54.5 Å². The number of nitrogens with zero attached hydrogens (tertiary/aromatic N) is 11. The Kier molecular flexibility index (Phi) is 38.2. The molecule has 6 aromatic heterocycles. The number of terminal acetylenes is 1. The number of carboxylic acids is 1. The molecule has 3 amide bonds. The van der Waals surface area contributed by atoms with Gasteiger partial charge in [-0.25, -0.2) is 61.0 Å². The van der Waals surface area contributed by atoms with Crippen molar-refractivity contribution in [2.45, 2.75) is 120 Å². The third kappa shape index (κ3) is 28.9. The largest absolute Gasteiger partial charge is 0.501 e. The topological polar surface area (TPSA) is 496 Å². The van der Waals surface area contributed by atoms with Crippen LogP contribution in [0.15, 0.2) is 192 Å². The van der Waals surface area contributed by atoms with E-state index in [2.05, 4.69) is 57.1 Å². The van der Waals surface area contributed by atoms with Crippen molar-refractivity contribution in [1.82, 2.24) is 55.0 Å². The third-order valence-electron chi connectivity index (χ3n) is 18.9. The van der Waals surface area contributed by atoms with Crippen LogP contribution in [0.3, 0.4) is 0 Å². The number of aromatic hydroxyl groups is 1. The number of carbonyl (C=O) groups is 6. The van der Waals surface area contributed by atoms with Gasteiger partial charge in [-0.3, -0.25) is 33.1 Å². The maximum Gasteiger partial charge on any atom is 0.337 e. The van der Waals surface area contributed by atoms with Gasteiger partial charge < -0.3 is 63.8 Å². The average Bonchev–Trinajstić information content (AvgIpc) is 1.76. The number of carbonyl (C=O) groups excluding carboxylic acids is 5. The summed E-state index contributed by atoms with van der Waals surface area (Å²) in [5.74, 6) is -1.36. The first-order valence-electron chi connectivity index (χ1n) is 40.3. The molecule has 0 saturated carbocycles. The van der Waals surface area contributed by atoms with Crippen molar-refractivity contribution >= 4 is 48.0 Å². The molecule has 0 bridgehead atoms. The fourth-order valence-electron chi connectivity index (χ4n) is 12.5. The van der Waals surface area contributed by atoms with Crippen molar-refractivity contribution in [1.29, 1.82) is 15.8 Å². The monoisotopic (exact) mass is 2080 g/mol. The number of nitrogens with two attached hydrogens (primary N) is 1. The molecular weight excluding hydrogens is 1990 g/mol. The molecule has 15 rings (SSSR count). The number of benzene rings is 7. The minimum atomic E-state index is -2.04. The van der Waals surface area contributed by atoms with Crippen LogP contribution < -0.4 is 37.5 Å². The number of nitrogens with one attached hydrogen (secondary N) is 3. The van der Waals surface area contributed by atoms with Gasteiger partial charge in [-0.2, -0.15) is 15.8 Å². The maximum atomic E-state index is 14.0. The molecule has 2 aliphatic heterocycles. The van der Waals surface area contributed by atoms with Crippen molar-refractivity contribution in [3.63, 3.8) is 0 Å². The minimum absolute atomic E-state index is 0. The third-order valence-corrected chi connectivity index (χ3v) is 23.0. The molecule has 2 aliphatic rings. The maximum absolute atomic E-state index is 14.0. The summed E-state index contributed by atoms with van der Waals surface area (Å²) < 4.78 is 130. The molecule has 7 aromatic carbocycles. The van der Waals surface area contributed by atoms with E-state index < -0.39 is 112 Å². The zero-order valence-corrected chi connectivity index (χ0v) is 80.6. The van der Waals surface area contributed by atoms with E-state index in [9.17, 15) is 69.8 Å². The van der Waals surface area contributed by atoms with Crippen LogP contribution in [0.25, 0.3) is 45.8 Å². The number of nitriles is 3. The molecule has 0 saturated heterocycles. The summed E-state index contributed by atoms with van der Waals surface area (Å²) in [7, 11) is 0. The molecule has 7 N–H and O–H groups in total. The summed E-state index contributed by atoms with van der Waals surface area (Å²) in [6, 6.07) is 37.5. The number of rotatable bonds is 19. The Balaban J connectivity index is 0.000000207. The van der Waals surface area contributed by atoms with E-state index in [1.807, 2.05) is 36.4 Å². The zero-order valence-electron chi connectivity index (χ0n) is 74.2. The Bertz CT molecular complexity index is 6840. The van der Waals surface area contributed by atoms with E-state index in [-0.39, 0.29) is 120 Å². The second-order valence-corrected chi connectivity index (χ2v) is 32.9. The molecule has 136 heavy (non-hydrogen) atoms. The summed E-state index contributed by atoms with van der Waals surface area (Å²) in [6.07, 6.45) is 11.1. The number of aromatic carboxylic acids is 1. The van der Waals surface area contributed by atoms with Crippen LogP contribution in [0.4, 0.5) is 26.3 Å². The molecule has 0 spiro atoms. The van der Waals surface area contributed by atoms with Crippen LogP contribution in [0, 0.1) is 109 Å². The summed E-state index contributed by atoms with van der Waals surface area (Å²) in [6.45, 7) is 18.2. The van der Waals surface area contributed by atoms with Gasteiger partial charge in [-0.05, 0) is 169 Å². The van der Waals surface area contributed by atoms with Gasteiger partial charge in [-0.15, -0.1) is 18.8 Å². The Labute approximate surface area is 791 Å². The predicted octanol–water partition coefficient (Wildman–Crippen LogP) is 14.2. The molecule has 42 heteroatoms. The zero-order chi connectivity index (χ0) is 98.5. The van der Waals surface area contributed by atoms with Crippen LogP contribution >= 0.6 is 12.4 Å². The van der Waals surface area contributed by atoms with Crippen molar-refractivity contribution in [3.05, 3.63) is 316 Å². The number of halogens is 7. The Hall–Kier alpha value is -15.7. The van der Waals surface area contributed by atoms with Gasteiger partial charge in [0.1, 0.15) is 93.5 Å². The molecular formula is C94H84ClF6HgN15O19. The minimum Gasteiger partial charge on any atom is -0.501 e. The number of oxazole rings is 4. The molecule has 0 fully saturated rings. The first kappa shape index (κ1) is 106. The van der Waals surface area contributed by atoms with Crippen molar-refractivity contribution < 1.29 is 128 Å². The molecule has 700 valence electrons. The van der Waals surface area contributed by atoms with Gasteiger partial charge in [0.05, 0.1) is 103 Å². The van der Waals surface area contributed by atoms with Crippen LogP contribution in [0.5, 0.6) is 11.5 Å². The van der Waals surface area contributed by atoms with Gasteiger partial charge >= 0.3 is 72.1 Å². The summed E-state index contributed by atoms with van der Waals surface area (Å²) in [5, 5.41) is 52.5. The fourth-order valence-corrected chi connectivity index (χ4v) is 14.0. The number of hydrogen-bond donors (Lipinski definition) is 6. The Morgan fingerprint density at radius 1 is 0.515 bits per heavy atom. The van der Waals surface area contributed by atoms with Crippen LogP contribution in [0.1, 0.15) is 157 Å². The number of carboxylic acid groups (broad SMARTS) is 1. The van der Waals surface area contributed by atoms with E-state index in [1.165, 1.54) is 108 Å². The van der Waals surface area contributed by atoms with E-state index in [0.29, 0.717) is 100 Å². The average molecular weight is 2080 g/mol. The first-order chi connectivity index (χ1) is 64.3. The first-order valence-corrected chi connectivity index (χ1v) is 44.8. The van der Waals surface area contributed by atoms with E-state index >= 15 is 0 Å². The molecule has 34 nitrogen and oxygen atoms in total. The Morgan fingerprint density at radius 2 is 0.890 bits per heavy atom. The van der Waals surface area contributed by atoms with Crippen LogP contribution in [0.2, 0.25) is 0 Å². The molecule has 8 heterocycles. The van der Waals surface area contributed by atoms with Gasteiger partial charge in [0, 0.05) is 36.3 Å². The fraction of sp³-hybridized carbons (Fsp3) is 0.223. The normalized spacial score (nSPS) is 11.8. The smallest absolute Gasteiger partial charge is 0.337 e. The van der Waals surface area contributed by atoms with Crippen molar-refractivity contribution in [2.24, 2.45) is 5.73 Å². The second kappa shape index (κ2) is 49.1. The number of hydrogen-bond acceptors (Lipinski definition) is 28. The SMILES string of the molecule is C#CCNC(=O)c1cc(F)ccc1C#N.CC(=O)[O][Hg][O]C(C)=O.Cc1cnc(-c2cc(F)ccc2C#N)o1.Cc1cnc(-c2cc(F)ccc2CN)o1.Cc1cnc(-c2cc(F)ccc2CNC(=O)c2nc3n(c(=O)c2O)CCOC3(C)C)o1.Cc1cnc(-c2cc(F)ccc2CNC(=O)c2nc3n(c(=O)c2OCc2ccccc2)CCOC3(C)C)o1.Cl.N#Cc1ccc(F)cc1C(=O)O.